The maximum Gasteiger partial charge on any atom is 0.236 e. The van der Waals surface area contributed by atoms with Crippen molar-refractivity contribution >= 4 is 17.5 Å². The van der Waals surface area contributed by atoms with E-state index in [1.807, 2.05) is 31.2 Å². The number of benzene rings is 1. The quantitative estimate of drug-likeness (QED) is 0.842. The summed E-state index contributed by atoms with van der Waals surface area (Å²) in [5.74, 6) is -0.130. The Morgan fingerprint density at radius 3 is 2.75 bits per heavy atom. The summed E-state index contributed by atoms with van der Waals surface area (Å²) in [7, 11) is 0. The molecule has 0 radical (unpaired) electrons. The second kappa shape index (κ2) is 5.87. The van der Waals surface area contributed by atoms with Gasteiger partial charge in [-0.05, 0) is 38.0 Å². The molecule has 88 valence electrons. The molecule has 0 saturated carbocycles. The lowest BCUT2D eigenvalue weighted by molar-refractivity contribution is -0.122. The minimum Gasteiger partial charge on any atom is -0.352 e. The molecule has 0 aliphatic carbocycles. The lowest BCUT2D eigenvalue weighted by Crippen LogP contribution is -2.43. The zero-order valence-electron chi connectivity index (χ0n) is 9.53. The van der Waals surface area contributed by atoms with E-state index in [1.165, 1.54) is 0 Å². The van der Waals surface area contributed by atoms with Crippen molar-refractivity contribution in [2.75, 3.05) is 0 Å². The lowest BCUT2D eigenvalue weighted by Gasteiger charge is -2.15. The van der Waals surface area contributed by atoms with Gasteiger partial charge < -0.3 is 11.1 Å². The zero-order chi connectivity index (χ0) is 12.1. The molecular weight excluding hydrogens is 224 g/mol. The number of nitrogens with one attached hydrogen (secondary N) is 1. The van der Waals surface area contributed by atoms with Gasteiger partial charge in [0.25, 0.3) is 0 Å². The van der Waals surface area contributed by atoms with Crippen LogP contribution in [0.4, 0.5) is 0 Å². The van der Waals surface area contributed by atoms with Crippen LogP contribution in [0, 0.1) is 0 Å². The van der Waals surface area contributed by atoms with Crippen molar-refractivity contribution in [1.29, 1.82) is 0 Å². The molecule has 0 aliphatic rings. The Morgan fingerprint density at radius 1 is 1.50 bits per heavy atom. The maximum absolute atomic E-state index is 11.3. The molecule has 0 aromatic heterocycles. The molecule has 2 atom stereocenters. The molecule has 1 rings (SSSR count). The summed E-state index contributed by atoms with van der Waals surface area (Å²) >= 11 is 5.88. The fraction of sp³-hybridized carbons (Fsp3) is 0.417. The van der Waals surface area contributed by atoms with Gasteiger partial charge in [-0.1, -0.05) is 23.7 Å². The standard InChI is InChI=1S/C12H17ClN2O/c1-8(15-12(16)9(2)14)6-10-4-3-5-11(13)7-10/h3-5,7-9H,6,14H2,1-2H3,(H,15,16). The largest absolute Gasteiger partial charge is 0.352 e. The average molecular weight is 241 g/mol. The first-order chi connectivity index (χ1) is 7.49. The smallest absolute Gasteiger partial charge is 0.236 e. The predicted octanol–water partition coefficient (Wildman–Crippen LogP) is 1.73. The molecule has 0 saturated heterocycles. The van der Waals surface area contributed by atoms with Crippen LogP contribution < -0.4 is 11.1 Å². The van der Waals surface area contributed by atoms with Gasteiger partial charge in [-0.25, -0.2) is 0 Å². The van der Waals surface area contributed by atoms with Crippen LogP contribution in [0.5, 0.6) is 0 Å². The molecular formula is C12H17ClN2O. The van der Waals surface area contributed by atoms with Crippen molar-refractivity contribution in [3.63, 3.8) is 0 Å². The summed E-state index contributed by atoms with van der Waals surface area (Å²) in [5, 5.41) is 3.55. The molecule has 1 aromatic rings. The van der Waals surface area contributed by atoms with Gasteiger partial charge in [0.15, 0.2) is 0 Å². The van der Waals surface area contributed by atoms with Gasteiger partial charge in [0.05, 0.1) is 6.04 Å². The van der Waals surface area contributed by atoms with Crippen LogP contribution in [0.15, 0.2) is 24.3 Å². The number of hydrogen-bond donors (Lipinski definition) is 2. The van der Waals surface area contributed by atoms with Gasteiger partial charge in [-0.15, -0.1) is 0 Å². The number of halogens is 1. The fourth-order valence-electron chi connectivity index (χ4n) is 1.44. The fourth-order valence-corrected chi connectivity index (χ4v) is 1.66. The highest BCUT2D eigenvalue weighted by Gasteiger charge is 2.11. The van der Waals surface area contributed by atoms with Crippen molar-refractivity contribution in [2.45, 2.75) is 32.4 Å². The third-order valence-electron chi connectivity index (χ3n) is 2.23. The number of carbonyl (C=O) groups is 1. The molecule has 0 aliphatic heterocycles. The van der Waals surface area contributed by atoms with Gasteiger partial charge in [-0.2, -0.15) is 0 Å². The van der Waals surface area contributed by atoms with Crippen molar-refractivity contribution in [1.82, 2.24) is 5.32 Å². The van der Waals surface area contributed by atoms with E-state index in [-0.39, 0.29) is 11.9 Å². The lowest BCUT2D eigenvalue weighted by atomic mass is 10.1. The minimum atomic E-state index is -0.471. The van der Waals surface area contributed by atoms with E-state index < -0.39 is 6.04 Å². The zero-order valence-corrected chi connectivity index (χ0v) is 10.3. The van der Waals surface area contributed by atoms with Crippen LogP contribution in [0.3, 0.4) is 0 Å². The van der Waals surface area contributed by atoms with E-state index in [2.05, 4.69) is 5.32 Å². The summed E-state index contributed by atoms with van der Waals surface area (Å²) in [5.41, 5.74) is 6.57. The molecule has 1 amide bonds. The Balaban J connectivity index is 2.51. The summed E-state index contributed by atoms with van der Waals surface area (Å²) in [6.07, 6.45) is 0.749. The van der Waals surface area contributed by atoms with E-state index in [4.69, 9.17) is 17.3 Å². The minimum absolute atomic E-state index is 0.0527. The summed E-state index contributed by atoms with van der Waals surface area (Å²) in [6.45, 7) is 3.61. The van der Waals surface area contributed by atoms with Crippen LogP contribution in [-0.4, -0.2) is 18.0 Å². The van der Waals surface area contributed by atoms with E-state index in [0.29, 0.717) is 5.02 Å². The summed E-state index contributed by atoms with van der Waals surface area (Å²) in [4.78, 5) is 11.3. The number of amides is 1. The van der Waals surface area contributed by atoms with Crippen LogP contribution >= 0.6 is 11.6 Å². The molecule has 2 unspecified atom stereocenters. The molecule has 0 spiro atoms. The molecule has 0 heterocycles. The Labute approximate surface area is 101 Å². The molecule has 3 N–H and O–H groups in total. The molecule has 1 aromatic carbocycles. The third kappa shape index (κ3) is 4.21. The molecule has 16 heavy (non-hydrogen) atoms. The number of nitrogens with two attached hydrogens (primary N) is 1. The van der Waals surface area contributed by atoms with E-state index in [9.17, 15) is 4.79 Å². The van der Waals surface area contributed by atoms with Gasteiger partial charge in [-0.3, -0.25) is 4.79 Å². The Hall–Kier alpha value is -1.06. The Kier molecular flexibility index (Phi) is 4.77. The molecule has 3 nitrogen and oxygen atoms in total. The first-order valence-corrected chi connectivity index (χ1v) is 5.67. The van der Waals surface area contributed by atoms with Gasteiger partial charge in [0.2, 0.25) is 5.91 Å². The second-order valence-electron chi connectivity index (χ2n) is 4.03. The van der Waals surface area contributed by atoms with Crippen LogP contribution in [0.25, 0.3) is 0 Å². The predicted molar refractivity (Wildman–Crippen MR) is 66.4 cm³/mol. The average Bonchev–Trinajstić information content (AvgIpc) is 2.16. The van der Waals surface area contributed by atoms with Gasteiger partial charge in [0, 0.05) is 11.1 Å². The third-order valence-corrected chi connectivity index (χ3v) is 2.47. The highest BCUT2D eigenvalue weighted by Crippen LogP contribution is 2.12. The summed E-state index contributed by atoms with van der Waals surface area (Å²) < 4.78 is 0. The van der Waals surface area contributed by atoms with Crippen molar-refractivity contribution in [3.05, 3.63) is 34.9 Å². The van der Waals surface area contributed by atoms with E-state index in [0.717, 1.165) is 12.0 Å². The molecule has 4 heteroatoms. The van der Waals surface area contributed by atoms with Gasteiger partial charge in [0.1, 0.15) is 0 Å². The number of rotatable bonds is 4. The Bertz CT molecular complexity index is 366. The van der Waals surface area contributed by atoms with Crippen LogP contribution in [-0.2, 0) is 11.2 Å². The van der Waals surface area contributed by atoms with Crippen molar-refractivity contribution < 1.29 is 4.79 Å². The van der Waals surface area contributed by atoms with Crippen LogP contribution in [0.2, 0.25) is 5.02 Å². The van der Waals surface area contributed by atoms with Gasteiger partial charge >= 0.3 is 0 Å². The number of carbonyl (C=O) groups excluding carboxylic acids is 1. The monoisotopic (exact) mass is 240 g/mol. The highest BCUT2D eigenvalue weighted by molar-refractivity contribution is 6.30. The normalized spacial score (nSPS) is 14.2. The molecule has 0 fully saturated rings. The number of hydrogen-bond acceptors (Lipinski definition) is 2. The highest BCUT2D eigenvalue weighted by atomic mass is 35.5. The van der Waals surface area contributed by atoms with Crippen molar-refractivity contribution in [2.24, 2.45) is 5.73 Å². The Morgan fingerprint density at radius 2 is 2.19 bits per heavy atom. The SMILES string of the molecule is CC(Cc1cccc(Cl)c1)NC(=O)C(C)N. The van der Waals surface area contributed by atoms with E-state index in [1.54, 1.807) is 6.92 Å². The summed E-state index contributed by atoms with van der Waals surface area (Å²) in [6, 6.07) is 7.20. The first kappa shape index (κ1) is 13.0. The second-order valence-corrected chi connectivity index (χ2v) is 4.47. The topological polar surface area (TPSA) is 55.1 Å². The maximum atomic E-state index is 11.3. The first-order valence-electron chi connectivity index (χ1n) is 5.29. The molecule has 0 bridgehead atoms. The van der Waals surface area contributed by atoms with Crippen LogP contribution in [0.1, 0.15) is 19.4 Å². The van der Waals surface area contributed by atoms with Crippen molar-refractivity contribution in [3.8, 4) is 0 Å². The van der Waals surface area contributed by atoms with E-state index >= 15 is 0 Å².